The summed E-state index contributed by atoms with van der Waals surface area (Å²) in [5.41, 5.74) is 6.29. The highest BCUT2D eigenvalue weighted by Crippen LogP contribution is 2.44. The van der Waals surface area contributed by atoms with Crippen LogP contribution in [0.4, 0.5) is 18.9 Å². The zero-order valence-corrected chi connectivity index (χ0v) is 22.3. The molecule has 39 heavy (non-hydrogen) atoms. The standard InChI is InChI=1S/C24H16Cl2F3N7O2S/c1-9-12(8-31-36(9)2)11-6-17(24(27,28)29)32-23-18(11)19(20(39-23)21(30)37)33-22(38)16-7-15(34-35-16)10-3-4-13(25)14(26)5-10/h3-8H,1-2H3,(H2,30,37)(H,33,38)(H,34,35). The van der Waals surface area contributed by atoms with E-state index < -0.39 is 23.7 Å². The lowest BCUT2D eigenvalue weighted by atomic mass is 10.0. The molecule has 0 aliphatic heterocycles. The minimum Gasteiger partial charge on any atom is -0.365 e. The molecular weight excluding hydrogens is 578 g/mol. The van der Waals surface area contributed by atoms with Gasteiger partial charge < -0.3 is 11.1 Å². The van der Waals surface area contributed by atoms with Crippen LogP contribution in [0.2, 0.25) is 10.0 Å². The van der Waals surface area contributed by atoms with E-state index in [1.807, 2.05) is 0 Å². The fourth-order valence-corrected chi connectivity index (χ4v) is 5.24. The highest BCUT2D eigenvalue weighted by molar-refractivity contribution is 7.21. The molecule has 0 saturated carbocycles. The molecule has 2 amide bonds. The minimum atomic E-state index is -4.77. The summed E-state index contributed by atoms with van der Waals surface area (Å²) in [7, 11) is 1.64. The molecule has 5 rings (SSSR count). The van der Waals surface area contributed by atoms with Crippen LogP contribution in [0.1, 0.15) is 31.5 Å². The number of fused-ring (bicyclic) bond motifs is 1. The number of amides is 2. The maximum Gasteiger partial charge on any atom is 0.433 e. The van der Waals surface area contributed by atoms with E-state index in [4.69, 9.17) is 28.9 Å². The Bertz CT molecular complexity index is 1790. The number of hydrogen-bond acceptors (Lipinski definition) is 6. The predicted octanol–water partition coefficient (Wildman–Crippen LogP) is 6.07. The minimum absolute atomic E-state index is 0.00446. The fraction of sp³-hybridized carbons (Fsp3) is 0.125. The highest BCUT2D eigenvalue weighted by atomic mass is 35.5. The van der Waals surface area contributed by atoms with Crippen LogP contribution in [0, 0.1) is 6.92 Å². The number of carbonyl (C=O) groups is 2. The first kappa shape index (κ1) is 26.7. The monoisotopic (exact) mass is 593 g/mol. The van der Waals surface area contributed by atoms with Crippen molar-refractivity contribution in [3.05, 3.63) is 68.5 Å². The van der Waals surface area contributed by atoms with Gasteiger partial charge in [0.25, 0.3) is 11.8 Å². The van der Waals surface area contributed by atoms with Gasteiger partial charge in [-0.15, -0.1) is 11.3 Å². The van der Waals surface area contributed by atoms with Gasteiger partial charge in [-0.05, 0) is 36.8 Å². The normalized spacial score (nSPS) is 11.8. The highest BCUT2D eigenvalue weighted by Gasteiger charge is 2.35. The van der Waals surface area contributed by atoms with E-state index >= 15 is 0 Å². The van der Waals surface area contributed by atoms with Crippen molar-refractivity contribution in [3.8, 4) is 22.4 Å². The third kappa shape index (κ3) is 4.84. The predicted molar refractivity (Wildman–Crippen MR) is 142 cm³/mol. The summed E-state index contributed by atoms with van der Waals surface area (Å²) in [4.78, 5) is 29.0. The first-order valence-electron chi connectivity index (χ1n) is 11.0. The summed E-state index contributed by atoms with van der Waals surface area (Å²) in [6, 6.07) is 7.12. The average Bonchev–Trinajstić information content (AvgIpc) is 3.58. The number of primary amides is 1. The summed E-state index contributed by atoms with van der Waals surface area (Å²) >= 11 is 12.7. The van der Waals surface area contributed by atoms with E-state index in [0.29, 0.717) is 43.9 Å². The number of thiophene rings is 1. The zero-order valence-electron chi connectivity index (χ0n) is 19.9. The summed E-state index contributed by atoms with van der Waals surface area (Å²) < 4.78 is 42.7. The molecule has 9 nitrogen and oxygen atoms in total. The lowest BCUT2D eigenvalue weighted by Crippen LogP contribution is -2.17. The summed E-state index contributed by atoms with van der Waals surface area (Å²) in [6.45, 7) is 1.68. The van der Waals surface area contributed by atoms with Crippen molar-refractivity contribution < 1.29 is 22.8 Å². The second kappa shape index (κ2) is 9.67. The Balaban J connectivity index is 1.64. The van der Waals surface area contributed by atoms with Crippen LogP contribution in [0.15, 0.2) is 36.5 Å². The third-order valence-corrected chi connectivity index (χ3v) is 7.82. The van der Waals surface area contributed by atoms with Gasteiger partial charge in [0.1, 0.15) is 21.1 Å². The topological polar surface area (TPSA) is 132 Å². The average molecular weight is 594 g/mol. The summed E-state index contributed by atoms with van der Waals surface area (Å²) in [6.07, 6.45) is -3.37. The lowest BCUT2D eigenvalue weighted by Gasteiger charge is -2.12. The number of anilines is 1. The first-order chi connectivity index (χ1) is 18.3. The number of aromatic amines is 1. The molecule has 4 heterocycles. The number of aromatic nitrogens is 5. The Morgan fingerprint density at radius 1 is 1.13 bits per heavy atom. The Morgan fingerprint density at radius 3 is 2.49 bits per heavy atom. The maximum atomic E-state index is 13.7. The number of nitrogens with one attached hydrogen (secondary N) is 2. The molecule has 5 aromatic rings. The van der Waals surface area contributed by atoms with Gasteiger partial charge in [-0.25, -0.2) is 4.98 Å². The largest absolute Gasteiger partial charge is 0.433 e. The maximum absolute atomic E-state index is 13.7. The number of rotatable bonds is 5. The fourth-order valence-electron chi connectivity index (χ4n) is 3.93. The molecule has 15 heteroatoms. The second-order valence-corrected chi connectivity index (χ2v) is 10.2. The van der Waals surface area contributed by atoms with Crippen LogP contribution in [0.5, 0.6) is 0 Å². The van der Waals surface area contributed by atoms with Crippen LogP contribution < -0.4 is 11.1 Å². The van der Waals surface area contributed by atoms with Crippen LogP contribution in [0.25, 0.3) is 32.6 Å². The number of carbonyl (C=O) groups excluding carboxylic acids is 2. The number of nitrogens with two attached hydrogens (primary N) is 1. The van der Waals surface area contributed by atoms with Gasteiger partial charge in [-0.3, -0.25) is 19.4 Å². The van der Waals surface area contributed by atoms with E-state index in [1.165, 1.54) is 16.9 Å². The molecule has 0 fully saturated rings. The molecular formula is C24H16Cl2F3N7O2S. The quantitative estimate of drug-likeness (QED) is 0.227. The third-order valence-electron chi connectivity index (χ3n) is 5.98. The number of aryl methyl sites for hydroxylation is 1. The molecule has 200 valence electrons. The van der Waals surface area contributed by atoms with Crippen LogP contribution in [0.3, 0.4) is 0 Å². The number of halogens is 5. The van der Waals surface area contributed by atoms with Gasteiger partial charge in [0.05, 0.1) is 27.6 Å². The van der Waals surface area contributed by atoms with Crippen molar-refractivity contribution in [1.29, 1.82) is 0 Å². The molecule has 0 aliphatic carbocycles. The van der Waals surface area contributed by atoms with Gasteiger partial charge in [-0.1, -0.05) is 29.3 Å². The summed E-state index contributed by atoms with van der Waals surface area (Å²) in [5, 5.41) is 14.2. The molecule has 4 N–H and O–H groups in total. The molecule has 4 aromatic heterocycles. The van der Waals surface area contributed by atoms with Gasteiger partial charge in [0.2, 0.25) is 0 Å². The Labute approximate surface area is 231 Å². The number of benzene rings is 1. The van der Waals surface area contributed by atoms with Gasteiger partial charge >= 0.3 is 6.18 Å². The lowest BCUT2D eigenvalue weighted by molar-refractivity contribution is -0.140. The SMILES string of the molecule is Cc1c(-c2cc(C(F)(F)F)nc3sc(C(N)=O)c(NC(=O)c4cc(-c5ccc(Cl)c(Cl)c5)n[nH]4)c23)cnn1C. The van der Waals surface area contributed by atoms with Crippen molar-refractivity contribution in [1.82, 2.24) is 25.0 Å². The number of H-pyrrole nitrogens is 1. The van der Waals surface area contributed by atoms with Crippen molar-refractivity contribution in [2.45, 2.75) is 13.1 Å². The number of pyridine rings is 1. The van der Waals surface area contributed by atoms with Gasteiger partial charge in [0, 0.05) is 29.3 Å². The van der Waals surface area contributed by atoms with Crippen molar-refractivity contribution in [2.24, 2.45) is 12.8 Å². The van der Waals surface area contributed by atoms with E-state index in [0.717, 1.165) is 6.07 Å². The Morgan fingerprint density at radius 2 is 1.87 bits per heavy atom. The van der Waals surface area contributed by atoms with E-state index in [2.05, 4.69) is 25.6 Å². The van der Waals surface area contributed by atoms with Crippen LogP contribution in [-0.2, 0) is 13.2 Å². The number of nitrogens with zero attached hydrogens (tertiary/aromatic N) is 4. The Kier molecular flexibility index (Phi) is 6.61. The van der Waals surface area contributed by atoms with Crippen molar-refractivity contribution in [3.63, 3.8) is 0 Å². The molecule has 0 atom stereocenters. The molecule has 0 bridgehead atoms. The molecule has 0 radical (unpaired) electrons. The first-order valence-corrected chi connectivity index (χ1v) is 12.6. The molecule has 1 aromatic carbocycles. The molecule has 0 spiro atoms. The van der Waals surface area contributed by atoms with Crippen LogP contribution in [-0.4, -0.2) is 36.8 Å². The van der Waals surface area contributed by atoms with Gasteiger partial charge in [0.15, 0.2) is 0 Å². The van der Waals surface area contributed by atoms with E-state index in [1.54, 1.807) is 32.2 Å². The van der Waals surface area contributed by atoms with E-state index in [-0.39, 0.29) is 32.0 Å². The van der Waals surface area contributed by atoms with Crippen molar-refractivity contribution in [2.75, 3.05) is 5.32 Å². The van der Waals surface area contributed by atoms with E-state index in [9.17, 15) is 22.8 Å². The smallest absolute Gasteiger partial charge is 0.365 e. The van der Waals surface area contributed by atoms with Gasteiger partial charge in [-0.2, -0.15) is 23.4 Å². The molecule has 0 unspecified atom stereocenters. The number of alkyl halides is 3. The second-order valence-electron chi connectivity index (χ2n) is 8.42. The van der Waals surface area contributed by atoms with Crippen molar-refractivity contribution >= 4 is 62.3 Å². The molecule has 0 aliphatic rings. The summed E-state index contributed by atoms with van der Waals surface area (Å²) in [5.74, 6) is -1.67. The Hall–Kier alpha value is -3.94. The zero-order chi connectivity index (χ0) is 28.2. The molecule has 0 saturated heterocycles. The van der Waals surface area contributed by atoms with Crippen LogP contribution >= 0.6 is 34.5 Å². The number of hydrogen-bond donors (Lipinski definition) is 3.